The monoisotopic (exact) mass is 288 g/mol. The van der Waals surface area contributed by atoms with Gasteiger partial charge < -0.3 is 10.6 Å². The van der Waals surface area contributed by atoms with Gasteiger partial charge in [-0.1, -0.05) is 13.8 Å². The molecule has 0 saturated heterocycles. The molecule has 0 atom stereocenters. The second-order valence-electron chi connectivity index (χ2n) is 5.70. The van der Waals surface area contributed by atoms with Gasteiger partial charge in [0.15, 0.2) is 0 Å². The second-order valence-corrected chi connectivity index (χ2v) is 5.70. The van der Waals surface area contributed by atoms with Crippen molar-refractivity contribution in [1.82, 2.24) is 14.7 Å². The molecule has 0 saturated carbocycles. The zero-order valence-corrected chi connectivity index (χ0v) is 13.5. The maximum atomic E-state index is 12.4. The maximum absolute atomic E-state index is 12.4. The van der Waals surface area contributed by atoms with E-state index in [0.717, 1.165) is 11.4 Å². The van der Waals surface area contributed by atoms with E-state index in [9.17, 15) is 4.79 Å². The van der Waals surface area contributed by atoms with Crippen molar-refractivity contribution >= 4 is 18.3 Å². The van der Waals surface area contributed by atoms with Crippen molar-refractivity contribution in [2.45, 2.75) is 27.7 Å². The first-order valence-corrected chi connectivity index (χ1v) is 6.15. The van der Waals surface area contributed by atoms with E-state index >= 15 is 0 Å². The summed E-state index contributed by atoms with van der Waals surface area (Å²) in [6, 6.07) is 0. The molecule has 0 radical (unpaired) electrons. The number of hydrogen-bond donors (Lipinski definition) is 1. The summed E-state index contributed by atoms with van der Waals surface area (Å²) in [5.74, 6) is 0.0135. The van der Waals surface area contributed by atoms with Crippen LogP contribution in [0.15, 0.2) is 0 Å². The van der Waals surface area contributed by atoms with Crippen LogP contribution < -0.4 is 5.73 Å². The fourth-order valence-corrected chi connectivity index (χ4v) is 2.05. The topological polar surface area (TPSA) is 64.2 Å². The van der Waals surface area contributed by atoms with E-state index < -0.39 is 0 Å². The minimum Gasteiger partial charge on any atom is -0.341 e. The third-order valence-corrected chi connectivity index (χ3v) is 3.29. The smallest absolute Gasteiger partial charge is 0.257 e. The summed E-state index contributed by atoms with van der Waals surface area (Å²) in [6.45, 7) is 9.07. The van der Waals surface area contributed by atoms with Crippen LogP contribution in [-0.4, -0.2) is 40.7 Å². The predicted octanol–water partition coefficient (Wildman–Crippen LogP) is 1.52. The van der Waals surface area contributed by atoms with Crippen LogP contribution in [0.3, 0.4) is 0 Å². The molecule has 0 aliphatic rings. The van der Waals surface area contributed by atoms with Crippen LogP contribution in [0.1, 0.15) is 35.6 Å². The number of aryl methyl sites for hydroxylation is 2. The third kappa shape index (κ3) is 3.94. The van der Waals surface area contributed by atoms with Crippen molar-refractivity contribution < 1.29 is 4.79 Å². The molecule has 2 N–H and O–H groups in total. The van der Waals surface area contributed by atoms with E-state index in [1.54, 1.807) is 9.58 Å². The Hall–Kier alpha value is -1.07. The first-order chi connectivity index (χ1) is 8.19. The van der Waals surface area contributed by atoms with E-state index in [-0.39, 0.29) is 23.7 Å². The van der Waals surface area contributed by atoms with E-state index in [1.807, 2.05) is 27.9 Å². The van der Waals surface area contributed by atoms with Crippen LogP contribution in [0.5, 0.6) is 0 Å². The van der Waals surface area contributed by atoms with Gasteiger partial charge >= 0.3 is 0 Å². The van der Waals surface area contributed by atoms with E-state index in [0.29, 0.717) is 18.7 Å². The normalized spacial score (nSPS) is 11.1. The Labute approximate surface area is 121 Å². The molecular formula is C13H25ClN4O. The highest BCUT2D eigenvalue weighted by Crippen LogP contribution is 2.18. The van der Waals surface area contributed by atoms with Gasteiger partial charge in [-0.3, -0.25) is 9.48 Å². The Bertz CT molecular complexity index is 454. The maximum Gasteiger partial charge on any atom is 0.257 e. The largest absolute Gasteiger partial charge is 0.341 e. The van der Waals surface area contributed by atoms with Crippen LogP contribution in [0.2, 0.25) is 0 Å². The third-order valence-electron chi connectivity index (χ3n) is 3.29. The molecule has 6 heteroatoms. The summed E-state index contributed by atoms with van der Waals surface area (Å²) < 4.78 is 1.74. The molecule has 1 rings (SSSR count). The van der Waals surface area contributed by atoms with Crippen molar-refractivity contribution in [3.63, 3.8) is 0 Å². The molecule has 0 aliphatic carbocycles. The lowest BCUT2D eigenvalue weighted by atomic mass is 9.93. The number of amides is 1. The Balaban J connectivity index is 0.00000324. The highest BCUT2D eigenvalue weighted by atomic mass is 35.5. The molecule has 110 valence electrons. The predicted molar refractivity (Wildman–Crippen MR) is 79.7 cm³/mol. The van der Waals surface area contributed by atoms with Gasteiger partial charge in [0.05, 0.1) is 11.3 Å². The minimum atomic E-state index is -0.0750. The Kier molecular flexibility index (Phi) is 6.03. The van der Waals surface area contributed by atoms with Crippen molar-refractivity contribution in [2.24, 2.45) is 18.2 Å². The van der Waals surface area contributed by atoms with Crippen LogP contribution >= 0.6 is 12.4 Å². The summed E-state index contributed by atoms with van der Waals surface area (Å²) >= 11 is 0. The van der Waals surface area contributed by atoms with Crippen molar-refractivity contribution in [1.29, 1.82) is 0 Å². The zero-order chi connectivity index (χ0) is 14.1. The summed E-state index contributed by atoms with van der Waals surface area (Å²) in [6.07, 6.45) is 0. The van der Waals surface area contributed by atoms with E-state index in [4.69, 9.17) is 5.73 Å². The Morgan fingerprint density at radius 2 is 1.95 bits per heavy atom. The van der Waals surface area contributed by atoms with Gasteiger partial charge in [0.25, 0.3) is 5.91 Å². The molecule has 19 heavy (non-hydrogen) atoms. The molecule has 1 aromatic rings. The van der Waals surface area contributed by atoms with Gasteiger partial charge in [0.1, 0.15) is 0 Å². The van der Waals surface area contributed by atoms with Crippen molar-refractivity contribution in [3.8, 4) is 0 Å². The Morgan fingerprint density at radius 3 is 2.32 bits per heavy atom. The molecule has 5 nitrogen and oxygen atoms in total. The fraction of sp³-hybridized carbons (Fsp3) is 0.692. The van der Waals surface area contributed by atoms with Crippen molar-refractivity contribution in [2.75, 3.05) is 20.1 Å². The molecule has 1 heterocycles. The fourth-order valence-electron chi connectivity index (χ4n) is 2.05. The second kappa shape index (κ2) is 6.39. The first kappa shape index (κ1) is 17.9. The van der Waals surface area contributed by atoms with Gasteiger partial charge in [-0.05, 0) is 25.8 Å². The van der Waals surface area contributed by atoms with Gasteiger partial charge in [0, 0.05) is 26.3 Å². The molecule has 1 aromatic heterocycles. The lowest BCUT2D eigenvalue weighted by molar-refractivity contribution is 0.0739. The van der Waals surface area contributed by atoms with Crippen molar-refractivity contribution in [3.05, 3.63) is 17.0 Å². The van der Waals surface area contributed by atoms with Crippen LogP contribution in [0.4, 0.5) is 0 Å². The van der Waals surface area contributed by atoms with Gasteiger partial charge in [-0.25, -0.2) is 0 Å². The molecule has 0 aliphatic heterocycles. The number of nitrogens with two attached hydrogens (primary N) is 1. The van der Waals surface area contributed by atoms with Crippen LogP contribution in [0.25, 0.3) is 0 Å². The summed E-state index contributed by atoms with van der Waals surface area (Å²) in [5.41, 5.74) is 8.00. The average Bonchev–Trinajstić information content (AvgIpc) is 2.52. The van der Waals surface area contributed by atoms with E-state index in [2.05, 4.69) is 18.9 Å². The number of halogens is 1. The number of nitrogens with zero attached hydrogens (tertiary/aromatic N) is 3. The molecular weight excluding hydrogens is 264 g/mol. The molecule has 0 unspecified atom stereocenters. The Morgan fingerprint density at radius 1 is 1.42 bits per heavy atom. The average molecular weight is 289 g/mol. The number of carbonyl (C=O) groups is 1. The standard InChI is InChI=1S/C13H24N4O.ClH/c1-9-11(10(2)17(6)15-9)12(18)16(5)8-13(3,4)7-14;/h7-8,14H2,1-6H3;1H. The molecule has 0 aromatic carbocycles. The van der Waals surface area contributed by atoms with Crippen LogP contribution in [0, 0.1) is 19.3 Å². The molecule has 0 spiro atoms. The SMILES string of the molecule is Cc1nn(C)c(C)c1C(=O)N(C)CC(C)(C)CN.Cl. The summed E-state index contributed by atoms with van der Waals surface area (Å²) in [4.78, 5) is 14.2. The first-order valence-electron chi connectivity index (χ1n) is 6.15. The molecule has 1 amide bonds. The lowest BCUT2D eigenvalue weighted by Gasteiger charge is -2.29. The highest BCUT2D eigenvalue weighted by molar-refractivity contribution is 5.96. The number of hydrogen-bond acceptors (Lipinski definition) is 3. The quantitative estimate of drug-likeness (QED) is 0.913. The summed E-state index contributed by atoms with van der Waals surface area (Å²) in [7, 11) is 3.66. The van der Waals surface area contributed by atoms with Gasteiger partial charge in [0.2, 0.25) is 0 Å². The highest BCUT2D eigenvalue weighted by Gasteiger charge is 2.25. The minimum absolute atomic E-state index is 0. The number of carbonyl (C=O) groups excluding carboxylic acids is 1. The number of aromatic nitrogens is 2. The lowest BCUT2D eigenvalue weighted by Crippen LogP contribution is -2.40. The van der Waals surface area contributed by atoms with Gasteiger partial charge in [-0.15, -0.1) is 12.4 Å². The van der Waals surface area contributed by atoms with Crippen LogP contribution in [-0.2, 0) is 7.05 Å². The number of rotatable bonds is 4. The molecule has 0 fully saturated rings. The van der Waals surface area contributed by atoms with E-state index in [1.165, 1.54) is 0 Å². The van der Waals surface area contributed by atoms with Gasteiger partial charge in [-0.2, -0.15) is 5.10 Å². The summed E-state index contributed by atoms with van der Waals surface area (Å²) in [5, 5.41) is 4.28. The zero-order valence-electron chi connectivity index (χ0n) is 12.6. The molecule has 0 bridgehead atoms.